The van der Waals surface area contributed by atoms with Gasteiger partial charge in [0.15, 0.2) is 0 Å². The number of hydrogen-bond acceptors (Lipinski definition) is 0. The Morgan fingerprint density at radius 3 is 1.47 bits per heavy atom. The zero-order valence-corrected chi connectivity index (χ0v) is 32.4. The summed E-state index contributed by atoms with van der Waals surface area (Å²) in [7, 11) is 0. The molecule has 2 atom stereocenters. The summed E-state index contributed by atoms with van der Waals surface area (Å²) < 4.78 is 4.90. The monoisotopic (exact) mass is 750 g/mol. The van der Waals surface area contributed by atoms with Crippen LogP contribution in [0.5, 0.6) is 0 Å². The van der Waals surface area contributed by atoms with Crippen molar-refractivity contribution >= 4 is 43.6 Å². The number of nitrogens with zero attached hydrogens (tertiary/aromatic N) is 2. The summed E-state index contributed by atoms with van der Waals surface area (Å²) in [5.41, 5.74) is 20.6. The zero-order chi connectivity index (χ0) is 38.6. The summed E-state index contributed by atoms with van der Waals surface area (Å²) in [4.78, 5) is 0. The Balaban J connectivity index is 1.00. The van der Waals surface area contributed by atoms with E-state index in [1.165, 1.54) is 117 Å². The number of benzene rings is 9. The molecule has 276 valence electrons. The summed E-state index contributed by atoms with van der Waals surface area (Å²) in [6.45, 7) is 0. The molecule has 0 bridgehead atoms. The molecule has 1 saturated carbocycles. The van der Waals surface area contributed by atoms with Crippen LogP contribution in [-0.2, 0) is 0 Å². The Bertz CT molecular complexity index is 3460. The van der Waals surface area contributed by atoms with Crippen LogP contribution in [0.4, 0.5) is 0 Å². The lowest BCUT2D eigenvalue weighted by Crippen LogP contribution is -2.04. The van der Waals surface area contributed by atoms with E-state index >= 15 is 0 Å². The minimum Gasteiger partial charge on any atom is -0.309 e. The van der Waals surface area contributed by atoms with Crippen molar-refractivity contribution in [1.29, 1.82) is 0 Å². The molecular formula is C57H38N2. The second-order valence-corrected chi connectivity index (χ2v) is 16.4. The fourth-order valence-electron chi connectivity index (χ4n) is 10.5. The van der Waals surface area contributed by atoms with E-state index in [4.69, 9.17) is 0 Å². The molecule has 2 aromatic heterocycles. The Morgan fingerprint density at radius 2 is 0.797 bits per heavy atom. The smallest absolute Gasteiger partial charge is 0.0541 e. The van der Waals surface area contributed by atoms with Crippen molar-refractivity contribution in [3.8, 4) is 55.9 Å². The Morgan fingerprint density at radius 1 is 0.305 bits per heavy atom. The molecule has 1 unspecified atom stereocenters. The van der Waals surface area contributed by atoms with E-state index in [0.717, 1.165) is 0 Å². The lowest BCUT2D eigenvalue weighted by atomic mass is 9.81. The van der Waals surface area contributed by atoms with Crippen molar-refractivity contribution in [3.05, 3.63) is 217 Å². The number of rotatable bonds is 5. The molecule has 1 fully saturated rings. The highest BCUT2D eigenvalue weighted by atomic mass is 15.0. The van der Waals surface area contributed by atoms with E-state index < -0.39 is 0 Å². The summed E-state index contributed by atoms with van der Waals surface area (Å²) in [6.07, 6.45) is 1.22. The molecule has 2 heteroatoms. The molecule has 9 aromatic carbocycles. The Labute approximate surface area is 342 Å². The first-order chi connectivity index (χ1) is 29.3. The van der Waals surface area contributed by atoms with Crippen molar-refractivity contribution < 1.29 is 0 Å². The fourth-order valence-corrected chi connectivity index (χ4v) is 10.5. The maximum Gasteiger partial charge on any atom is 0.0541 e. The SMILES string of the molecule is c1ccc(-c2ccc(-c3cc(-n4c5ccccc5c5cc(-c6ccc7c(c6)c6ccccc6n7-c6ccccc6)ccc54)cc4c3C3C[C@H]3c3ccccc3-4)cc2)cc1. The second kappa shape index (κ2) is 12.5. The molecule has 11 aromatic rings. The van der Waals surface area contributed by atoms with Gasteiger partial charge in [-0.3, -0.25) is 0 Å². The summed E-state index contributed by atoms with van der Waals surface area (Å²) in [5, 5.41) is 5.06. The normalized spacial score (nSPS) is 15.4. The lowest BCUT2D eigenvalue weighted by molar-refractivity contribution is 1.00. The van der Waals surface area contributed by atoms with E-state index in [2.05, 4.69) is 215 Å². The third kappa shape index (κ3) is 4.93. The molecule has 2 heterocycles. The van der Waals surface area contributed by atoms with E-state index in [9.17, 15) is 0 Å². The topological polar surface area (TPSA) is 9.86 Å². The average molecular weight is 751 g/mol. The van der Waals surface area contributed by atoms with Gasteiger partial charge in [0.2, 0.25) is 0 Å². The maximum absolute atomic E-state index is 2.51. The molecule has 2 aliphatic carbocycles. The molecule has 2 nitrogen and oxygen atoms in total. The Kier molecular flexibility index (Phi) is 6.94. The van der Waals surface area contributed by atoms with Gasteiger partial charge in [-0.1, -0.05) is 146 Å². The van der Waals surface area contributed by atoms with Crippen molar-refractivity contribution in [3.63, 3.8) is 0 Å². The van der Waals surface area contributed by atoms with Crippen LogP contribution in [0.15, 0.2) is 206 Å². The summed E-state index contributed by atoms with van der Waals surface area (Å²) in [6, 6.07) is 76.6. The Hall–Kier alpha value is -7.42. The minimum absolute atomic E-state index is 0.553. The van der Waals surface area contributed by atoms with Gasteiger partial charge in [0.25, 0.3) is 0 Å². The van der Waals surface area contributed by atoms with Gasteiger partial charge in [-0.05, 0) is 135 Å². The average Bonchev–Trinajstić information content (AvgIpc) is 3.96. The molecule has 0 amide bonds. The van der Waals surface area contributed by atoms with Crippen molar-refractivity contribution in [2.45, 2.75) is 18.3 Å². The van der Waals surface area contributed by atoms with Gasteiger partial charge in [0.1, 0.15) is 0 Å². The molecular weight excluding hydrogens is 713 g/mol. The van der Waals surface area contributed by atoms with Crippen LogP contribution < -0.4 is 0 Å². The predicted molar refractivity (Wildman–Crippen MR) is 247 cm³/mol. The van der Waals surface area contributed by atoms with E-state index in [1.807, 2.05) is 0 Å². The van der Waals surface area contributed by atoms with Crippen LogP contribution >= 0.6 is 0 Å². The van der Waals surface area contributed by atoms with Crippen LogP contribution in [0, 0.1) is 0 Å². The van der Waals surface area contributed by atoms with E-state index in [1.54, 1.807) is 0 Å². The highest BCUT2D eigenvalue weighted by Gasteiger charge is 2.46. The number of para-hydroxylation sites is 3. The summed E-state index contributed by atoms with van der Waals surface area (Å²) >= 11 is 0. The van der Waals surface area contributed by atoms with Crippen molar-refractivity contribution in [2.75, 3.05) is 0 Å². The maximum atomic E-state index is 2.51. The van der Waals surface area contributed by atoms with Gasteiger partial charge in [-0.2, -0.15) is 0 Å². The lowest BCUT2D eigenvalue weighted by Gasteiger charge is -2.24. The molecule has 0 N–H and O–H groups in total. The predicted octanol–water partition coefficient (Wildman–Crippen LogP) is 15.1. The van der Waals surface area contributed by atoms with Crippen molar-refractivity contribution in [2.24, 2.45) is 0 Å². The third-order valence-corrected chi connectivity index (χ3v) is 13.2. The first kappa shape index (κ1) is 32.6. The van der Waals surface area contributed by atoms with Gasteiger partial charge >= 0.3 is 0 Å². The minimum atomic E-state index is 0.553. The van der Waals surface area contributed by atoms with Crippen molar-refractivity contribution in [1.82, 2.24) is 9.13 Å². The standard InChI is InChI=1S/C57H38N2/c1-3-13-36(14-4-1)37-23-25-38(26-24-37)47-33-42(34-51-44-18-8-7-17-43(44)48-35-52(48)57(47)51)59-54-22-12-10-20-46(54)50-32-40(28-30-56(50)59)39-27-29-55-49(31-39)45-19-9-11-21-53(45)58(55)41-15-5-2-6-16-41/h1-34,48,52H,35H2/t48-,52?/m0/s1. The molecule has 13 rings (SSSR count). The molecule has 2 aliphatic rings. The highest BCUT2D eigenvalue weighted by molar-refractivity contribution is 6.13. The molecule has 0 radical (unpaired) electrons. The second-order valence-electron chi connectivity index (χ2n) is 16.4. The first-order valence-corrected chi connectivity index (χ1v) is 20.8. The quantitative estimate of drug-likeness (QED) is 0.166. The third-order valence-electron chi connectivity index (χ3n) is 13.2. The van der Waals surface area contributed by atoms with Crippen LogP contribution in [0.25, 0.3) is 99.5 Å². The van der Waals surface area contributed by atoms with Crippen LogP contribution in [0.3, 0.4) is 0 Å². The van der Waals surface area contributed by atoms with Gasteiger partial charge in [-0.15, -0.1) is 0 Å². The van der Waals surface area contributed by atoms with Gasteiger partial charge in [-0.25, -0.2) is 0 Å². The van der Waals surface area contributed by atoms with Crippen LogP contribution in [-0.4, -0.2) is 9.13 Å². The molecule has 0 spiro atoms. The van der Waals surface area contributed by atoms with Crippen LogP contribution in [0.1, 0.15) is 29.4 Å². The number of fused-ring (bicyclic) bond motifs is 12. The summed E-state index contributed by atoms with van der Waals surface area (Å²) in [5.74, 6) is 1.16. The fraction of sp³-hybridized carbons (Fsp3) is 0.0526. The van der Waals surface area contributed by atoms with Gasteiger partial charge in [0.05, 0.1) is 22.1 Å². The number of hydrogen-bond donors (Lipinski definition) is 0. The van der Waals surface area contributed by atoms with Crippen LogP contribution in [0.2, 0.25) is 0 Å². The van der Waals surface area contributed by atoms with E-state index in [-0.39, 0.29) is 0 Å². The van der Waals surface area contributed by atoms with E-state index in [0.29, 0.717) is 11.8 Å². The molecule has 0 aliphatic heterocycles. The molecule has 0 saturated heterocycles. The number of aromatic nitrogens is 2. The first-order valence-electron chi connectivity index (χ1n) is 20.8. The zero-order valence-electron chi connectivity index (χ0n) is 32.4. The van der Waals surface area contributed by atoms with Gasteiger partial charge < -0.3 is 9.13 Å². The largest absolute Gasteiger partial charge is 0.309 e. The molecule has 59 heavy (non-hydrogen) atoms. The highest BCUT2D eigenvalue weighted by Crippen LogP contribution is 2.64. The van der Waals surface area contributed by atoms with Gasteiger partial charge in [0, 0.05) is 32.9 Å².